The van der Waals surface area contributed by atoms with E-state index in [2.05, 4.69) is 21.9 Å². The van der Waals surface area contributed by atoms with Gasteiger partial charge < -0.3 is 5.32 Å². The molecule has 2 amide bonds. The molecular formula is C19H19N3O3S. The van der Waals surface area contributed by atoms with Crippen molar-refractivity contribution in [3.63, 3.8) is 0 Å². The van der Waals surface area contributed by atoms with E-state index in [0.717, 1.165) is 16.8 Å². The molecule has 1 fully saturated rings. The monoisotopic (exact) mass is 369 g/mol. The Morgan fingerprint density at radius 1 is 1.08 bits per heavy atom. The van der Waals surface area contributed by atoms with Crippen LogP contribution in [0.25, 0.3) is 0 Å². The van der Waals surface area contributed by atoms with Crippen molar-refractivity contribution in [1.82, 2.24) is 10.0 Å². The lowest BCUT2D eigenvalue weighted by Gasteiger charge is -2.13. The number of carbonyl (C=O) groups excluding carboxylic acids is 1. The number of rotatable bonds is 5. The van der Waals surface area contributed by atoms with E-state index >= 15 is 0 Å². The number of anilines is 1. The van der Waals surface area contributed by atoms with Crippen molar-refractivity contribution >= 4 is 21.7 Å². The molecule has 0 saturated carbocycles. The smallest absolute Gasteiger partial charge is 0.321 e. The van der Waals surface area contributed by atoms with Crippen molar-refractivity contribution in [3.05, 3.63) is 65.7 Å². The highest BCUT2D eigenvalue weighted by Gasteiger charge is 2.20. The SMILES string of the molecule is O=C1NCCN1c1ccc(C#CCNS(=O)(=O)Cc2ccccc2)cc1. The molecule has 0 unspecified atom stereocenters. The van der Waals surface area contributed by atoms with E-state index in [0.29, 0.717) is 13.1 Å². The third-order valence-corrected chi connectivity index (χ3v) is 5.15. The number of carbonyl (C=O) groups is 1. The van der Waals surface area contributed by atoms with Gasteiger partial charge in [-0.05, 0) is 29.8 Å². The zero-order valence-corrected chi connectivity index (χ0v) is 14.9. The first-order chi connectivity index (χ1) is 12.5. The van der Waals surface area contributed by atoms with Gasteiger partial charge in [-0.1, -0.05) is 42.2 Å². The van der Waals surface area contributed by atoms with Gasteiger partial charge in [0.2, 0.25) is 10.0 Å². The molecule has 2 aromatic carbocycles. The Bertz CT molecular complexity index is 929. The van der Waals surface area contributed by atoms with Crippen LogP contribution in [0.5, 0.6) is 0 Å². The topological polar surface area (TPSA) is 78.5 Å². The Balaban J connectivity index is 1.54. The summed E-state index contributed by atoms with van der Waals surface area (Å²) in [4.78, 5) is 13.3. The highest BCUT2D eigenvalue weighted by molar-refractivity contribution is 7.88. The number of hydrogen-bond donors (Lipinski definition) is 2. The molecular weight excluding hydrogens is 350 g/mol. The predicted molar refractivity (Wildman–Crippen MR) is 101 cm³/mol. The van der Waals surface area contributed by atoms with E-state index in [1.165, 1.54) is 0 Å². The first kappa shape index (κ1) is 18.0. The number of nitrogens with one attached hydrogen (secondary N) is 2. The second kappa shape index (κ2) is 8.04. The average molecular weight is 369 g/mol. The lowest BCUT2D eigenvalue weighted by molar-refractivity contribution is 0.252. The van der Waals surface area contributed by atoms with Crippen LogP contribution in [0, 0.1) is 11.8 Å². The highest BCUT2D eigenvalue weighted by atomic mass is 32.2. The third-order valence-electron chi connectivity index (χ3n) is 3.85. The summed E-state index contributed by atoms with van der Waals surface area (Å²) >= 11 is 0. The third kappa shape index (κ3) is 4.85. The van der Waals surface area contributed by atoms with Crippen LogP contribution in [0.15, 0.2) is 54.6 Å². The lowest BCUT2D eigenvalue weighted by Crippen LogP contribution is -2.27. The fraction of sp³-hybridized carbons (Fsp3) is 0.211. The molecule has 0 atom stereocenters. The molecule has 3 rings (SSSR count). The highest BCUT2D eigenvalue weighted by Crippen LogP contribution is 2.16. The van der Waals surface area contributed by atoms with E-state index < -0.39 is 10.0 Å². The molecule has 0 aromatic heterocycles. The van der Waals surface area contributed by atoms with Crippen molar-refractivity contribution in [2.24, 2.45) is 0 Å². The van der Waals surface area contributed by atoms with Crippen LogP contribution in [0.2, 0.25) is 0 Å². The minimum absolute atomic E-state index is 0.0471. The number of sulfonamides is 1. The lowest BCUT2D eigenvalue weighted by atomic mass is 10.2. The molecule has 2 N–H and O–H groups in total. The minimum atomic E-state index is -3.42. The fourth-order valence-corrected chi connectivity index (χ4v) is 3.61. The first-order valence-corrected chi connectivity index (χ1v) is 9.84. The van der Waals surface area contributed by atoms with E-state index in [4.69, 9.17) is 0 Å². The van der Waals surface area contributed by atoms with Crippen molar-refractivity contribution in [2.45, 2.75) is 5.75 Å². The van der Waals surface area contributed by atoms with E-state index in [1.807, 2.05) is 30.3 Å². The Morgan fingerprint density at radius 3 is 2.46 bits per heavy atom. The van der Waals surface area contributed by atoms with E-state index in [-0.39, 0.29) is 18.3 Å². The standard InChI is InChI=1S/C19H19N3O3S/c23-19-20-13-14-22(19)18-10-8-16(9-11-18)7-4-12-21-26(24,25)15-17-5-2-1-3-6-17/h1-3,5-6,8-11,21H,12-15H2,(H,20,23). The molecule has 1 aliphatic rings. The van der Waals surface area contributed by atoms with Crippen molar-refractivity contribution in [1.29, 1.82) is 0 Å². The fourth-order valence-electron chi connectivity index (χ4n) is 2.58. The Kier molecular flexibility index (Phi) is 5.56. The average Bonchev–Trinajstić information content (AvgIpc) is 3.06. The van der Waals surface area contributed by atoms with Gasteiger partial charge in [0.25, 0.3) is 0 Å². The maximum Gasteiger partial charge on any atom is 0.321 e. The van der Waals surface area contributed by atoms with Gasteiger partial charge in [0, 0.05) is 24.3 Å². The molecule has 0 spiro atoms. The summed E-state index contributed by atoms with van der Waals surface area (Å²) in [7, 11) is -3.42. The molecule has 1 aliphatic heterocycles. The largest absolute Gasteiger partial charge is 0.336 e. The Morgan fingerprint density at radius 2 is 1.81 bits per heavy atom. The van der Waals surface area contributed by atoms with Gasteiger partial charge in [0.1, 0.15) is 0 Å². The molecule has 0 bridgehead atoms. The van der Waals surface area contributed by atoms with Gasteiger partial charge in [-0.2, -0.15) is 0 Å². The normalized spacial score (nSPS) is 13.8. The van der Waals surface area contributed by atoms with Gasteiger partial charge in [-0.3, -0.25) is 4.90 Å². The van der Waals surface area contributed by atoms with Gasteiger partial charge in [-0.15, -0.1) is 0 Å². The predicted octanol–water partition coefficient (Wildman–Crippen LogP) is 1.69. The van der Waals surface area contributed by atoms with E-state index in [1.54, 1.807) is 29.2 Å². The number of urea groups is 1. The van der Waals surface area contributed by atoms with Crippen LogP contribution in [0.4, 0.5) is 10.5 Å². The van der Waals surface area contributed by atoms with Crippen LogP contribution in [-0.4, -0.2) is 34.1 Å². The molecule has 0 aliphatic carbocycles. The summed E-state index contributed by atoms with van der Waals surface area (Å²) in [6.07, 6.45) is 0. The second-order valence-corrected chi connectivity index (χ2v) is 7.60. The maximum atomic E-state index is 12.0. The van der Waals surface area contributed by atoms with Crippen LogP contribution >= 0.6 is 0 Å². The summed E-state index contributed by atoms with van der Waals surface area (Å²) in [5, 5.41) is 2.75. The van der Waals surface area contributed by atoms with Gasteiger partial charge in [0.05, 0.1) is 12.3 Å². The summed E-state index contributed by atoms with van der Waals surface area (Å²) in [5.74, 6) is 5.65. The summed E-state index contributed by atoms with van der Waals surface area (Å²) in [6.45, 7) is 1.34. The number of hydrogen-bond acceptors (Lipinski definition) is 3. The van der Waals surface area contributed by atoms with Gasteiger partial charge in [-0.25, -0.2) is 17.9 Å². The van der Waals surface area contributed by atoms with Crippen molar-refractivity contribution < 1.29 is 13.2 Å². The van der Waals surface area contributed by atoms with Crippen molar-refractivity contribution in [3.8, 4) is 11.8 Å². The zero-order chi connectivity index (χ0) is 18.4. The van der Waals surface area contributed by atoms with Crippen LogP contribution < -0.4 is 14.9 Å². The van der Waals surface area contributed by atoms with Gasteiger partial charge in [0.15, 0.2) is 0 Å². The maximum absolute atomic E-state index is 12.0. The van der Waals surface area contributed by atoms with Crippen LogP contribution in [0.3, 0.4) is 0 Å². The molecule has 1 heterocycles. The first-order valence-electron chi connectivity index (χ1n) is 8.19. The van der Waals surface area contributed by atoms with Crippen LogP contribution in [0.1, 0.15) is 11.1 Å². The Hall–Kier alpha value is -2.82. The summed E-state index contributed by atoms with van der Waals surface area (Å²) in [5.41, 5.74) is 2.30. The zero-order valence-electron chi connectivity index (χ0n) is 14.1. The summed E-state index contributed by atoms with van der Waals surface area (Å²) in [6, 6.07) is 16.2. The molecule has 6 nitrogen and oxygen atoms in total. The molecule has 7 heteroatoms. The quantitative estimate of drug-likeness (QED) is 0.787. The molecule has 134 valence electrons. The number of amides is 2. The summed E-state index contributed by atoms with van der Waals surface area (Å²) < 4.78 is 26.5. The Labute approximate surface area is 153 Å². The number of nitrogens with zero attached hydrogens (tertiary/aromatic N) is 1. The second-order valence-electron chi connectivity index (χ2n) is 5.80. The molecule has 2 aromatic rings. The van der Waals surface area contributed by atoms with Crippen molar-refractivity contribution in [2.75, 3.05) is 24.5 Å². The number of benzene rings is 2. The van der Waals surface area contributed by atoms with Crippen LogP contribution in [-0.2, 0) is 15.8 Å². The minimum Gasteiger partial charge on any atom is -0.336 e. The van der Waals surface area contributed by atoms with Gasteiger partial charge >= 0.3 is 6.03 Å². The molecule has 26 heavy (non-hydrogen) atoms. The molecule has 1 saturated heterocycles. The molecule has 0 radical (unpaired) electrons. The van der Waals surface area contributed by atoms with E-state index in [9.17, 15) is 13.2 Å².